The fourth-order valence-electron chi connectivity index (χ4n) is 2.45. The van der Waals surface area contributed by atoms with Gasteiger partial charge in [-0.25, -0.2) is 0 Å². The number of nitrogen functional groups attached to an aromatic ring is 1. The Kier molecular flexibility index (Phi) is 3.84. The van der Waals surface area contributed by atoms with E-state index in [1.54, 1.807) is 12.1 Å². The number of aromatic nitrogens is 2. The lowest BCUT2D eigenvalue weighted by atomic mass is 10.1. The normalized spacial score (nSPS) is 20.8. The lowest BCUT2D eigenvalue weighted by Gasteiger charge is -2.35. The summed E-state index contributed by atoms with van der Waals surface area (Å²) in [5.74, 6) is 1.17. The molecule has 1 aliphatic heterocycles. The molecule has 1 aliphatic rings. The molecule has 2 heterocycles. The summed E-state index contributed by atoms with van der Waals surface area (Å²) in [4.78, 5) is 9.02. The van der Waals surface area contributed by atoms with Crippen molar-refractivity contribution in [1.82, 2.24) is 19.9 Å². The van der Waals surface area contributed by atoms with E-state index in [1.165, 1.54) is 0 Å². The van der Waals surface area contributed by atoms with Gasteiger partial charge in [-0.15, -0.1) is 0 Å². The molecular weight excluding hydrogens is 290 g/mol. The van der Waals surface area contributed by atoms with Crippen molar-refractivity contribution in [2.24, 2.45) is 0 Å². The van der Waals surface area contributed by atoms with Gasteiger partial charge in [0.05, 0.1) is 16.8 Å². The van der Waals surface area contributed by atoms with Gasteiger partial charge in [0.2, 0.25) is 0 Å². The molecule has 1 saturated heterocycles. The minimum absolute atomic E-state index is 0.144. The van der Waals surface area contributed by atoms with E-state index in [4.69, 9.17) is 21.9 Å². The van der Waals surface area contributed by atoms with E-state index >= 15 is 0 Å². The fraction of sp³-hybridized carbons (Fsp3) is 0.429. The summed E-state index contributed by atoms with van der Waals surface area (Å²) in [6.45, 7) is 2.92. The average Bonchev–Trinajstić information content (AvgIpc) is 2.94. The van der Waals surface area contributed by atoms with Crippen LogP contribution in [-0.4, -0.2) is 53.7 Å². The first-order chi connectivity index (χ1) is 10.0. The van der Waals surface area contributed by atoms with Gasteiger partial charge in [0.1, 0.15) is 0 Å². The molecule has 112 valence electrons. The maximum Gasteiger partial charge on any atom is 0.258 e. The summed E-state index contributed by atoms with van der Waals surface area (Å²) in [7, 11) is 4.18. The Balaban J connectivity index is 1.87. The summed E-state index contributed by atoms with van der Waals surface area (Å²) >= 11 is 5.93. The molecule has 0 spiro atoms. The molecule has 21 heavy (non-hydrogen) atoms. The number of anilines is 1. The lowest BCUT2D eigenvalue weighted by molar-refractivity contribution is 0.108. The number of rotatable bonds is 2. The van der Waals surface area contributed by atoms with Crippen LogP contribution in [0.2, 0.25) is 5.02 Å². The van der Waals surface area contributed by atoms with E-state index < -0.39 is 0 Å². The van der Waals surface area contributed by atoms with Gasteiger partial charge >= 0.3 is 0 Å². The van der Waals surface area contributed by atoms with Crippen LogP contribution in [0.1, 0.15) is 11.9 Å². The van der Waals surface area contributed by atoms with Gasteiger partial charge in [0, 0.05) is 25.2 Å². The predicted molar refractivity (Wildman–Crippen MR) is 82.0 cm³/mol. The molecule has 3 rings (SSSR count). The van der Waals surface area contributed by atoms with Gasteiger partial charge in [-0.2, -0.15) is 4.98 Å². The molecule has 0 saturated carbocycles. The third-order valence-electron chi connectivity index (χ3n) is 3.83. The van der Waals surface area contributed by atoms with Crippen molar-refractivity contribution in [2.45, 2.75) is 6.04 Å². The summed E-state index contributed by atoms with van der Waals surface area (Å²) in [5.41, 5.74) is 7.09. The van der Waals surface area contributed by atoms with Crippen LogP contribution in [0.4, 0.5) is 5.69 Å². The molecule has 1 atom stereocenters. The third-order valence-corrected chi connectivity index (χ3v) is 4.18. The SMILES string of the molecule is CN1CCN(C)C(c2noc(-c3ccc(Cl)c(N)c3)n2)C1. The molecule has 1 aromatic carbocycles. The first-order valence-corrected chi connectivity index (χ1v) is 7.20. The maximum absolute atomic E-state index is 5.93. The highest BCUT2D eigenvalue weighted by Crippen LogP contribution is 2.28. The van der Waals surface area contributed by atoms with Gasteiger partial charge in [0.25, 0.3) is 5.89 Å². The number of nitrogens with zero attached hydrogens (tertiary/aromatic N) is 4. The van der Waals surface area contributed by atoms with Crippen LogP contribution in [0.5, 0.6) is 0 Å². The van der Waals surface area contributed by atoms with E-state index in [1.807, 2.05) is 6.07 Å². The van der Waals surface area contributed by atoms with E-state index in [-0.39, 0.29) is 6.04 Å². The Morgan fingerprint density at radius 2 is 2.14 bits per heavy atom. The maximum atomic E-state index is 5.93. The lowest BCUT2D eigenvalue weighted by Crippen LogP contribution is -2.45. The second-order valence-electron chi connectivity index (χ2n) is 5.45. The minimum Gasteiger partial charge on any atom is -0.398 e. The molecular formula is C14H18ClN5O. The van der Waals surface area contributed by atoms with Gasteiger partial charge in [0.15, 0.2) is 5.82 Å². The second kappa shape index (κ2) is 5.63. The van der Waals surface area contributed by atoms with Crippen LogP contribution in [0.15, 0.2) is 22.7 Å². The summed E-state index contributed by atoms with van der Waals surface area (Å²) < 4.78 is 5.38. The fourth-order valence-corrected chi connectivity index (χ4v) is 2.57. The van der Waals surface area contributed by atoms with Crippen molar-refractivity contribution in [2.75, 3.05) is 39.5 Å². The highest BCUT2D eigenvalue weighted by atomic mass is 35.5. The van der Waals surface area contributed by atoms with Crippen LogP contribution in [0, 0.1) is 0 Å². The molecule has 0 radical (unpaired) electrons. The van der Waals surface area contributed by atoms with Crippen LogP contribution in [0.3, 0.4) is 0 Å². The molecule has 0 bridgehead atoms. The van der Waals surface area contributed by atoms with E-state index in [0.29, 0.717) is 22.4 Å². The van der Waals surface area contributed by atoms with Crippen molar-refractivity contribution in [3.63, 3.8) is 0 Å². The van der Waals surface area contributed by atoms with Crippen LogP contribution in [0.25, 0.3) is 11.5 Å². The van der Waals surface area contributed by atoms with Gasteiger partial charge in [-0.05, 0) is 32.3 Å². The van der Waals surface area contributed by atoms with E-state index in [9.17, 15) is 0 Å². The average molecular weight is 308 g/mol. The van der Waals surface area contributed by atoms with Crippen molar-refractivity contribution in [1.29, 1.82) is 0 Å². The summed E-state index contributed by atoms with van der Waals surface area (Å²) in [6, 6.07) is 5.45. The van der Waals surface area contributed by atoms with Crippen molar-refractivity contribution in [3.8, 4) is 11.5 Å². The Hall–Kier alpha value is -1.63. The number of hydrogen-bond acceptors (Lipinski definition) is 6. The molecule has 6 nitrogen and oxygen atoms in total. The first-order valence-electron chi connectivity index (χ1n) is 6.82. The number of hydrogen-bond donors (Lipinski definition) is 1. The summed E-state index contributed by atoms with van der Waals surface area (Å²) in [5, 5.41) is 4.65. The highest BCUT2D eigenvalue weighted by molar-refractivity contribution is 6.33. The molecule has 7 heteroatoms. The van der Waals surface area contributed by atoms with Gasteiger partial charge in [-0.1, -0.05) is 16.8 Å². The van der Waals surface area contributed by atoms with Crippen LogP contribution in [-0.2, 0) is 0 Å². The van der Waals surface area contributed by atoms with Gasteiger partial charge in [-0.3, -0.25) is 4.90 Å². The Morgan fingerprint density at radius 1 is 1.33 bits per heavy atom. The summed E-state index contributed by atoms with van der Waals surface area (Å²) in [6.07, 6.45) is 0. The minimum atomic E-state index is 0.144. The number of likely N-dealkylation sites (N-methyl/N-ethyl adjacent to an activating group) is 2. The molecule has 1 unspecified atom stereocenters. The third kappa shape index (κ3) is 2.88. The Bertz CT molecular complexity index is 644. The van der Waals surface area contributed by atoms with Crippen molar-refractivity contribution < 1.29 is 4.52 Å². The zero-order valence-electron chi connectivity index (χ0n) is 12.1. The predicted octanol–water partition coefficient (Wildman–Crippen LogP) is 1.89. The number of piperazine rings is 1. The Morgan fingerprint density at radius 3 is 2.90 bits per heavy atom. The first kappa shape index (κ1) is 14.3. The number of benzene rings is 1. The molecule has 2 aromatic rings. The topological polar surface area (TPSA) is 71.4 Å². The van der Waals surface area contributed by atoms with Crippen molar-refractivity contribution >= 4 is 17.3 Å². The molecule has 0 amide bonds. The smallest absolute Gasteiger partial charge is 0.258 e. The zero-order chi connectivity index (χ0) is 15.0. The highest BCUT2D eigenvalue weighted by Gasteiger charge is 2.28. The monoisotopic (exact) mass is 307 g/mol. The molecule has 1 aromatic heterocycles. The zero-order valence-corrected chi connectivity index (χ0v) is 12.8. The van der Waals surface area contributed by atoms with Crippen molar-refractivity contribution in [3.05, 3.63) is 29.0 Å². The van der Waals surface area contributed by atoms with Crippen LogP contribution < -0.4 is 5.73 Å². The van der Waals surface area contributed by atoms with E-state index in [0.717, 1.165) is 25.2 Å². The Labute approximate surface area is 128 Å². The van der Waals surface area contributed by atoms with E-state index in [2.05, 4.69) is 34.0 Å². The largest absolute Gasteiger partial charge is 0.398 e. The number of halogens is 1. The quantitative estimate of drug-likeness (QED) is 0.854. The number of nitrogens with two attached hydrogens (primary N) is 1. The van der Waals surface area contributed by atoms with Crippen LogP contribution >= 0.6 is 11.6 Å². The molecule has 0 aliphatic carbocycles. The standard InChI is InChI=1S/C14H18ClN5O/c1-19-5-6-20(2)12(8-19)13-17-14(21-18-13)9-3-4-10(15)11(16)7-9/h3-4,7,12H,5-6,8,16H2,1-2H3. The second-order valence-corrected chi connectivity index (χ2v) is 5.86. The van der Waals surface area contributed by atoms with Gasteiger partial charge < -0.3 is 15.2 Å². The molecule has 1 fully saturated rings. The molecule has 2 N–H and O–H groups in total.